The van der Waals surface area contributed by atoms with Crippen molar-refractivity contribution in [1.29, 1.82) is 0 Å². The second kappa shape index (κ2) is 9.07. The number of carbonyl (C=O) groups excluding carboxylic acids is 1. The molecule has 0 heterocycles. The first-order chi connectivity index (χ1) is 10.7. The third-order valence-electron chi connectivity index (χ3n) is 3.81. The van der Waals surface area contributed by atoms with Crippen molar-refractivity contribution in [3.63, 3.8) is 0 Å². The SMILES string of the molecule is CN=C(NCCNS(C)(=O)=O)NC1CCCC(C(=O)N(C)C)C1. The molecule has 9 heteroatoms. The predicted octanol–water partition coefficient (Wildman–Crippen LogP) is -0.652. The molecule has 8 nitrogen and oxygen atoms in total. The Kier molecular flexibility index (Phi) is 7.77. The summed E-state index contributed by atoms with van der Waals surface area (Å²) in [5, 5.41) is 6.39. The Bertz CT molecular complexity index is 519. The van der Waals surface area contributed by atoms with Gasteiger partial charge in [-0.25, -0.2) is 13.1 Å². The average molecular weight is 347 g/mol. The molecular weight excluding hydrogens is 318 g/mol. The second-order valence-electron chi connectivity index (χ2n) is 6.10. The van der Waals surface area contributed by atoms with Crippen LogP contribution in [0.1, 0.15) is 25.7 Å². The minimum absolute atomic E-state index is 0.0567. The van der Waals surface area contributed by atoms with Crippen molar-refractivity contribution in [3.05, 3.63) is 0 Å². The van der Waals surface area contributed by atoms with Gasteiger partial charge in [-0.3, -0.25) is 9.79 Å². The standard InChI is InChI=1S/C14H29N5O3S/c1-15-14(16-8-9-17-23(4,21)22)18-12-7-5-6-11(10-12)13(20)19(2)3/h11-12,17H,5-10H2,1-4H3,(H2,15,16,18). The largest absolute Gasteiger partial charge is 0.355 e. The molecule has 1 rings (SSSR count). The Labute approximate surface area is 139 Å². The summed E-state index contributed by atoms with van der Waals surface area (Å²) in [6.07, 6.45) is 4.86. The Morgan fingerprint density at radius 1 is 1.26 bits per heavy atom. The van der Waals surface area contributed by atoms with Crippen molar-refractivity contribution < 1.29 is 13.2 Å². The molecule has 0 aromatic carbocycles. The Morgan fingerprint density at radius 3 is 2.52 bits per heavy atom. The fourth-order valence-electron chi connectivity index (χ4n) is 2.72. The average Bonchev–Trinajstić information content (AvgIpc) is 2.48. The quantitative estimate of drug-likeness (QED) is 0.336. The minimum Gasteiger partial charge on any atom is -0.355 e. The van der Waals surface area contributed by atoms with Crippen LogP contribution in [0.4, 0.5) is 0 Å². The lowest BCUT2D eigenvalue weighted by molar-refractivity contribution is -0.134. The van der Waals surface area contributed by atoms with E-state index < -0.39 is 10.0 Å². The number of aliphatic imine (C=N–C) groups is 1. The summed E-state index contributed by atoms with van der Waals surface area (Å²) in [6.45, 7) is 0.742. The lowest BCUT2D eigenvalue weighted by atomic mass is 9.85. The summed E-state index contributed by atoms with van der Waals surface area (Å²) in [4.78, 5) is 17.9. The zero-order valence-corrected chi connectivity index (χ0v) is 15.2. The van der Waals surface area contributed by atoms with E-state index >= 15 is 0 Å². The number of carbonyl (C=O) groups is 1. The third-order valence-corrected chi connectivity index (χ3v) is 4.54. The second-order valence-corrected chi connectivity index (χ2v) is 7.94. The highest BCUT2D eigenvalue weighted by Gasteiger charge is 2.28. The van der Waals surface area contributed by atoms with Crippen LogP contribution >= 0.6 is 0 Å². The predicted molar refractivity (Wildman–Crippen MR) is 91.8 cm³/mol. The van der Waals surface area contributed by atoms with Gasteiger partial charge < -0.3 is 15.5 Å². The van der Waals surface area contributed by atoms with E-state index in [4.69, 9.17) is 0 Å². The maximum Gasteiger partial charge on any atom is 0.225 e. The highest BCUT2D eigenvalue weighted by atomic mass is 32.2. The van der Waals surface area contributed by atoms with E-state index in [-0.39, 0.29) is 17.9 Å². The smallest absolute Gasteiger partial charge is 0.225 e. The van der Waals surface area contributed by atoms with Gasteiger partial charge in [-0.1, -0.05) is 6.42 Å². The first-order valence-electron chi connectivity index (χ1n) is 7.86. The van der Waals surface area contributed by atoms with Crippen LogP contribution in [0.25, 0.3) is 0 Å². The highest BCUT2D eigenvalue weighted by molar-refractivity contribution is 7.88. The van der Waals surface area contributed by atoms with Gasteiger partial charge in [0.25, 0.3) is 0 Å². The molecule has 1 aliphatic carbocycles. The van der Waals surface area contributed by atoms with Gasteiger partial charge in [0, 0.05) is 46.2 Å². The van der Waals surface area contributed by atoms with E-state index in [0.717, 1.165) is 31.9 Å². The monoisotopic (exact) mass is 347 g/mol. The van der Waals surface area contributed by atoms with Crippen molar-refractivity contribution in [1.82, 2.24) is 20.3 Å². The maximum absolute atomic E-state index is 12.1. The Balaban J connectivity index is 2.41. The highest BCUT2D eigenvalue weighted by Crippen LogP contribution is 2.25. The summed E-state index contributed by atoms with van der Waals surface area (Å²) in [7, 11) is 2.07. The van der Waals surface area contributed by atoms with Gasteiger partial charge in [-0.15, -0.1) is 0 Å². The van der Waals surface area contributed by atoms with Crippen LogP contribution < -0.4 is 15.4 Å². The molecule has 1 fully saturated rings. The van der Waals surface area contributed by atoms with Gasteiger partial charge in [0.05, 0.1) is 6.26 Å². The molecule has 2 unspecified atom stereocenters. The maximum atomic E-state index is 12.1. The molecule has 0 aliphatic heterocycles. The van der Waals surface area contributed by atoms with Crippen LogP contribution in [0.5, 0.6) is 0 Å². The first kappa shape index (κ1) is 19.7. The Morgan fingerprint density at radius 2 is 1.96 bits per heavy atom. The van der Waals surface area contributed by atoms with Crippen molar-refractivity contribution in [2.75, 3.05) is 40.5 Å². The number of nitrogens with zero attached hydrogens (tertiary/aromatic N) is 2. The summed E-state index contributed by atoms with van der Waals surface area (Å²) in [5.74, 6) is 0.862. The molecule has 0 spiro atoms. The molecule has 0 radical (unpaired) electrons. The number of amides is 1. The van der Waals surface area contributed by atoms with E-state index in [9.17, 15) is 13.2 Å². The minimum atomic E-state index is -3.17. The summed E-state index contributed by atoms with van der Waals surface area (Å²) in [5.41, 5.74) is 0. The third kappa shape index (κ3) is 7.65. The van der Waals surface area contributed by atoms with Gasteiger partial charge in [0.15, 0.2) is 5.96 Å². The lowest BCUT2D eigenvalue weighted by Gasteiger charge is -2.31. The number of nitrogens with one attached hydrogen (secondary N) is 3. The number of rotatable bonds is 6. The molecule has 0 aromatic heterocycles. The Hall–Kier alpha value is -1.35. The molecule has 0 aromatic rings. The van der Waals surface area contributed by atoms with Crippen LogP contribution in [-0.2, 0) is 14.8 Å². The summed E-state index contributed by atoms with van der Waals surface area (Å²) < 4.78 is 24.4. The number of guanidine groups is 1. The van der Waals surface area contributed by atoms with Crippen LogP contribution in [0.15, 0.2) is 4.99 Å². The van der Waals surface area contributed by atoms with Gasteiger partial charge in [-0.05, 0) is 19.3 Å². The first-order valence-corrected chi connectivity index (χ1v) is 9.75. The van der Waals surface area contributed by atoms with Crippen molar-refractivity contribution in [2.24, 2.45) is 10.9 Å². The van der Waals surface area contributed by atoms with Crippen LogP contribution in [0.3, 0.4) is 0 Å². The normalized spacial score (nSPS) is 22.5. The van der Waals surface area contributed by atoms with E-state index in [1.54, 1.807) is 26.0 Å². The van der Waals surface area contributed by atoms with Crippen LogP contribution in [0, 0.1) is 5.92 Å². The molecule has 1 saturated carbocycles. The zero-order chi connectivity index (χ0) is 17.5. The number of hydrogen-bond donors (Lipinski definition) is 3. The van der Waals surface area contributed by atoms with Gasteiger partial charge in [0.1, 0.15) is 0 Å². The molecule has 23 heavy (non-hydrogen) atoms. The van der Waals surface area contributed by atoms with Crippen LogP contribution in [-0.4, -0.2) is 71.7 Å². The van der Waals surface area contributed by atoms with Gasteiger partial charge >= 0.3 is 0 Å². The van der Waals surface area contributed by atoms with E-state index in [1.807, 2.05) is 0 Å². The molecule has 0 saturated heterocycles. The van der Waals surface area contributed by atoms with Crippen molar-refractivity contribution in [3.8, 4) is 0 Å². The number of hydrogen-bond acceptors (Lipinski definition) is 4. The molecule has 2 atom stereocenters. The molecule has 0 bridgehead atoms. The van der Waals surface area contributed by atoms with Crippen molar-refractivity contribution >= 4 is 21.9 Å². The summed E-state index contributed by atoms with van der Waals surface area (Å²) >= 11 is 0. The zero-order valence-electron chi connectivity index (χ0n) is 14.4. The summed E-state index contributed by atoms with van der Waals surface area (Å²) in [6, 6.07) is 0.201. The lowest BCUT2D eigenvalue weighted by Crippen LogP contribution is -2.48. The molecular formula is C14H29N5O3S. The fourth-order valence-corrected chi connectivity index (χ4v) is 3.19. The molecule has 3 N–H and O–H groups in total. The molecule has 134 valence electrons. The van der Waals surface area contributed by atoms with Gasteiger partial charge in [-0.2, -0.15) is 0 Å². The molecule has 1 amide bonds. The van der Waals surface area contributed by atoms with Crippen molar-refractivity contribution in [2.45, 2.75) is 31.7 Å². The van der Waals surface area contributed by atoms with Gasteiger partial charge in [0.2, 0.25) is 15.9 Å². The van der Waals surface area contributed by atoms with E-state index in [1.165, 1.54) is 0 Å². The fraction of sp³-hybridized carbons (Fsp3) is 0.857. The number of sulfonamides is 1. The van der Waals surface area contributed by atoms with E-state index in [0.29, 0.717) is 19.0 Å². The van der Waals surface area contributed by atoms with E-state index in [2.05, 4.69) is 20.3 Å². The van der Waals surface area contributed by atoms with Crippen LogP contribution in [0.2, 0.25) is 0 Å². The molecule has 1 aliphatic rings. The topological polar surface area (TPSA) is 103 Å².